The highest BCUT2D eigenvalue weighted by Gasteiger charge is 2.37. The van der Waals surface area contributed by atoms with Gasteiger partial charge in [0.2, 0.25) is 0 Å². The van der Waals surface area contributed by atoms with E-state index in [2.05, 4.69) is 48.2 Å². The minimum absolute atomic E-state index is 0.0892. The molecule has 0 amide bonds. The molecule has 1 aromatic carbocycles. The number of benzene rings is 1. The smallest absolute Gasteiger partial charge is 0.337 e. The quantitative estimate of drug-likeness (QED) is 0.238. The van der Waals surface area contributed by atoms with Crippen LogP contribution in [0.5, 0.6) is 0 Å². The fourth-order valence-electron chi connectivity index (χ4n) is 6.43. The van der Waals surface area contributed by atoms with E-state index in [1.165, 1.54) is 22.4 Å². The molecule has 1 unspecified atom stereocenters. The first-order chi connectivity index (χ1) is 21.0. The van der Waals surface area contributed by atoms with Crippen molar-refractivity contribution in [2.24, 2.45) is 5.41 Å². The molecule has 7 rings (SSSR count). The summed E-state index contributed by atoms with van der Waals surface area (Å²) in [6, 6.07) is 10.7. The Balaban J connectivity index is 1.49. The molecule has 0 saturated carbocycles. The molecule has 9 heteroatoms. The number of ether oxygens (including phenoxy) is 1. The number of aliphatic carboxylic acids is 1. The van der Waals surface area contributed by atoms with Crippen LogP contribution in [0.25, 0.3) is 16.3 Å². The fourth-order valence-corrected chi connectivity index (χ4v) is 7.32. The van der Waals surface area contributed by atoms with Crippen LogP contribution in [-0.4, -0.2) is 49.3 Å². The summed E-state index contributed by atoms with van der Waals surface area (Å²) in [7, 11) is 0. The van der Waals surface area contributed by atoms with Crippen molar-refractivity contribution >= 4 is 28.8 Å². The van der Waals surface area contributed by atoms with Gasteiger partial charge in [0.1, 0.15) is 16.5 Å². The minimum atomic E-state index is -1.18. The van der Waals surface area contributed by atoms with E-state index in [4.69, 9.17) is 19.8 Å². The van der Waals surface area contributed by atoms with E-state index in [9.17, 15) is 9.90 Å². The summed E-state index contributed by atoms with van der Waals surface area (Å²) >= 11 is 1.65. The number of hydrogen-bond acceptors (Lipinski definition) is 7. The second kappa shape index (κ2) is 12.1. The Morgan fingerprint density at radius 1 is 1.14 bits per heavy atom. The van der Waals surface area contributed by atoms with Crippen molar-refractivity contribution in [1.82, 2.24) is 19.6 Å². The molecule has 6 bridgehead atoms. The van der Waals surface area contributed by atoms with E-state index in [1.54, 1.807) is 11.3 Å². The van der Waals surface area contributed by atoms with E-state index in [0.717, 1.165) is 68.1 Å². The van der Waals surface area contributed by atoms with Gasteiger partial charge in [-0.2, -0.15) is 9.61 Å². The molecule has 3 aromatic heterocycles. The predicted octanol–water partition coefficient (Wildman–Crippen LogP) is 7.58. The highest BCUT2D eigenvalue weighted by Crippen LogP contribution is 2.40. The molecule has 232 valence electrons. The molecule has 3 aliphatic rings. The summed E-state index contributed by atoms with van der Waals surface area (Å²) in [5, 5.41) is 16.3. The Hall–Kier alpha value is -3.56. The molecule has 0 spiro atoms. The van der Waals surface area contributed by atoms with Gasteiger partial charge in [0, 0.05) is 42.3 Å². The molecule has 1 N–H and O–H groups in total. The van der Waals surface area contributed by atoms with Gasteiger partial charge in [0.25, 0.3) is 0 Å². The van der Waals surface area contributed by atoms with Crippen LogP contribution in [0.3, 0.4) is 0 Å². The van der Waals surface area contributed by atoms with Crippen LogP contribution in [0.4, 0.5) is 5.82 Å². The zero-order chi connectivity index (χ0) is 31.1. The summed E-state index contributed by atoms with van der Waals surface area (Å²) in [6.07, 6.45) is 12.8. The molecule has 0 aliphatic carbocycles. The van der Waals surface area contributed by atoms with Gasteiger partial charge >= 0.3 is 5.97 Å². The molecular weight excluding hydrogens is 570 g/mol. The molecule has 3 aliphatic heterocycles. The molecule has 1 saturated heterocycles. The zero-order valence-corrected chi connectivity index (χ0v) is 27.3. The molecule has 44 heavy (non-hydrogen) atoms. The summed E-state index contributed by atoms with van der Waals surface area (Å²) in [6.45, 7) is 11.4. The number of nitrogens with zero attached hydrogens (tertiary/aromatic N) is 5. The number of anilines is 1. The van der Waals surface area contributed by atoms with Gasteiger partial charge in [-0.25, -0.2) is 14.8 Å². The first-order valence-electron chi connectivity index (χ1n) is 15.8. The monoisotopic (exact) mass is 613 g/mol. The highest BCUT2D eigenvalue weighted by molar-refractivity contribution is 7.15. The average molecular weight is 614 g/mol. The summed E-state index contributed by atoms with van der Waals surface area (Å²) in [4.78, 5) is 25.9. The Morgan fingerprint density at radius 3 is 2.61 bits per heavy atom. The van der Waals surface area contributed by atoms with Gasteiger partial charge in [0.15, 0.2) is 11.8 Å². The maximum absolute atomic E-state index is 12.7. The van der Waals surface area contributed by atoms with Gasteiger partial charge in [-0.05, 0) is 82.8 Å². The first kappa shape index (κ1) is 30.5. The van der Waals surface area contributed by atoms with Crippen molar-refractivity contribution in [2.75, 3.05) is 18.0 Å². The topological polar surface area (TPSA) is 92.8 Å². The minimum Gasteiger partial charge on any atom is -0.479 e. The lowest BCUT2D eigenvalue weighted by Crippen LogP contribution is -2.40. The van der Waals surface area contributed by atoms with Crippen LogP contribution in [-0.2, 0) is 22.4 Å². The summed E-state index contributed by atoms with van der Waals surface area (Å²) in [5.41, 5.74) is 4.80. The predicted molar refractivity (Wildman–Crippen MR) is 176 cm³/mol. The second-order valence-electron chi connectivity index (χ2n) is 13.5. The number of carboxylic acid groups (broad SMARTS) is 1. The number of aromatic nitrogens is 4. The average Bonchev–Trinajstić information content (AvgIpc) is 3.60. The number of allylic oxidation sites excluding steroid dienone is 2. The number of carbonyl (C=O) groups is 1. The van der Waals surface area contributed by atoms with Crippen molar-refractivity contribution in [1.29, 1.82) is 0 Å². The molecule has 4 aromatic rings. The Morgan fingerprint density at radius 2 is 1.89 bits per heavy atom. The molecule has 8 nitrogen and oxygen atoms in total. The molecule has 1 atom stereocenters. The van der Waals surface area contributed by atoms with Crippen LogP contribution >= 0.6 is 11.3 Å². The van der Waals surface area contributed by atoms with Crippen molar-refractivity contribution in [3.63, 3.8) is 0 Å². The van der Waals surface area contributed by atoms with E-state index in [0.29, 0.717) is 16.9 Å². The normalized spacial score (nSPS) is 18.0. The fraction of sp³-hybridized carbons (Fsp3) is 0.486. The Kier molecular flexibility index (Phi) is 8.37. The van der Waals surface area contributed by atoms with Crippen LogP contribution in [0, 0.1) is 12.3 Å². The van der Waals surface area contributed by atoms with Crippen LogP contribution in [0.2, 0.25) is 0 Å². The standard InChI is InChI=1S/C35H43N5O3S/c1-23-29(30(33(41)42)43-34(2,3)4)32-39-18-16-35(5,17-19-39)15-11-7-6-8-12-24-13-9-10-14-25(24)20-26-22-36-31(44-26)27-21-28(37-23)40(32)38-27/h9-11,13-15,21-22,30H,6-8,12,16-20H2,1-5H3,(H,41,42). The van der Waals surface area contributed by atoms with Crippen molar-refractivity contribution < 1.29 is 14.6 Å². The third-order valence-electron chi connectivity index (χ3n) is 8.81. The van der Waals surface area contributed by atoms with E-state index in [-0.39, 0.29) is 5.41 Å². The number of hydrogen-bond donors (Lipinski definition) is 1. The van der Waals surface area contributed by atoms with Crippen LogP contribution in [0.15, 0.2) is 48.7 Å². The lowest BCUT2D eigenvalue weighted by molar-refractivity contribution is -0.160. The third kappa shape index (κ3) is 6.44. The number of piperidine rings is 1. The van der Waals surface area contributed by atoms with Gasteiger partial charge < -0.3 is 14.7 Å². The van der Waals surface area contributed by atoms with Gasteiger partial charge in [-0.3, -0.25) is 0 Å². The van der Waals surface area contributed by atoms with E-state index < -0.39 is 17.7 Å². The number of aryl methyl sites for hydroxylation is 2. The van der Waals surface area contributed by atoms with Gasteiger partial charge in [-0.1, -0.05) is 43.3 Å². The number of carboxylic acids is 1. The van der Waals surface area contributed by atoms with E-state index >= 15 is 0 Å². The first-order valence-corrected chi connectivity index (χ1v) is 16.6. The number of fused-ring (bicyclic) bond motifs is 6. The second-order valence-corrected chi connectivity index (χ2v) is 14.7. The largest absolute Gasteiger partial charge is 0.479 e. The van der Waals surface area contributed by atoms with Gasteiger partial charge in [-0.15, -0.1) is 11.3 Å². The lowest BCUT2D eigenvalue weighted by Gasteiger charge is -2.40. The maximum atomic E-state index is 12.7. The van der Waals surface area contributed by atoms with Crippen molar-refractivity contribution in [3.05, 3.63) is 75.9 Å². The third-order valence-corrected chi connectivity index (χ3v) is 9.83. The Bertz CT molecular complexity index is 1690. The Labute approximate surface area is 263 Å². The molecule has 6 heterocycles. The van der Waals surface area contributed by atoms with Gasteiger partial charge in [0.05, 0.1) is 11.2 Å². The number of thiazole rings is 1. The summed E-state index contributed by atoms with van der Waals surface area (Å²) in [5.74, 6) is -0.282. The van der Waals surface area contributed by atoms with Crippen molar-refractivity contribution in [2.45, 2.75) is 91.3 Å². The lowest BCUT2D eigenvalue weighted by atomic mass is 9.79. The van der Waals surface area contributed by atoms with Crippen molar-refractivity contribution in [3.8, 4) is 10.7 Å². The molecular formula is C35H43N5O3S. The molecule has 1 fully saturated rings. The zero-order valence-electron chi connectivity index (χ0n) is 26.5. The SMILES string of the molecule is Cc1nc2cc3nn2c(c1C(OC(C)(C)C)C(=O)O)N1CCC(C)(C=CCCCCc2ccccc2Cc2cnc-3s2)CC1. The maximum Gasteiger partial charge on any atom is 0.337 e. The summed E-state index contributed by atoms with van der Waals surface area (Å²) < 4.78 is 8.02. The highest BCUT2D eigenvalue weighted by atomic mass is 32.1. The van der Waals surface area contributed by atoms with Crippen LogP contribution in [0.1, 0.15) is 93.2 Å². The van der Waals surface area contributed by atoms with Crippen LogP contribution < -0.4 is 4.90 Å². The molecule has 0 radical (unpaired) electrons. The number of rotatable bonds is 3. The van der Waals surface area contributed by atoms with E-state index in [1.807, 2.05) is 44.5 Å².